The molecule has 1 amide bonds. The van der Waals surface area contributed by atoms with Crippen molar-refractivity contribution in [2.45, 2.75) is 18.9 Å². The van der Waals surface area contributed by atoms with E-state index in [1.165, 1.54) is 25.1 Å². The predicted octanol–water partition coefficient (Wildman–Crippen LogP) is 3.59. The van der Waals surface area contributed by atoms with Gasteiger partial charge in [0.15, 0.2) is 5.60 Å². The number of carbonyl (C=O) groups is 2. The van der Waals surface area contributed by atoms with Crippen LogP contribution in [0, 0.1) is 5.82 Å². The lowest BCUT2D eigenvalue weighted by molar-refractivity contribution is -0.134. The molecule has 0 radical (unpaired) electrons. The van der Waals surface area contributed by atoms with Crippen LogP contribution in [-0.2, 0) is 16.0 Å². The maximum atomic E-state index is 13.2. The first kappa shape index (κ1) is 15.5. The molecule has 1 aliphatic rings. The van der Waals surface area contributed by atoms with Crippen LogP contribution in [-0.4, -0.2) is 17.5 Å². The van der Waals surface area contributed by atoms with E-state index in [2.05, 4.69) is 5.32 Å². The Morgan fingerprint density at radius 2 is 2.09 bits per heavy atom. The molecule has 1 heterocycles. The highest BCUT2D eigenvalue weighted by molar-refractivity contribution is 6.30. The lowest BCUT2D eigenvalue weighted by Crippen LogP contribution is -2.48. The molecule has 1 N–H and O–H groups in total. The molecule has 2 aromatic carbocycles. The third-order valence-corrected chi connectivity index (χ3v) is 3.93. The standard InChI is InChI=1S/C17H13ClFNO3/c1-17(16(22)20-13-4-2-3-12(19)8-13)9-10-7-11(18)5-6-14(10)15(21)23-17/h2-8H,9H2,1H3,(H,20,22). The maximum absolute atomic E-state index is 13.2. The SMILES string of the molecule is CC1(C(=O)Nc2cccc(F)c2)Cc2cc(Cl)ccc2C(=O)O1. The first-order chi connectivity index (χ1) is 10.9. The van der Waals surface area contributed by atoms with Crippen LogP contribution in [0.5, 0.6) is 0 Å². The van der Waals surface area contributed by atoms with Gasteiger partial charge in [0.2, 0.25) is 0 Å². The highest BCUT2D eigenvalue weighted by atomic mass is 35.5. The Bertz CT molecular complexity index is 808. The summed E-state index contributed by atoms with van der Waals surface area (Å²) in [6.07, 6.45) is 0.190. The normalized spacial score (nSPS) is 19.7. The van der Waals surface area contributed by atoms with Crippen LogP contribution >= 0.6 is 11.6 Å². The Morgan fingerprint density at radius 1 is 1.30 bits per heavy atom. The van der Waals surface area contributed by atoms with E-state index in [-0.39, 0.29) is 6.42 Å². The zero-order valence-electron chi connectivity index (χ0n) is 12.2. The number of esters is 1. The fourth-order valence-corrected chi connectivity index (χ4v) is 2.72. The van der Waals surface area contributed by atoms with E-state index in [1.54, 1.807) is 24.3 Å². The largest absolute Gasteiger partial charge is 0.445 e. The molecule has 0 aromatic heterocycles. The maximum Gasteiger partial charge on any atom is 0.339 e. The molecule has 0 aliphatic carbocycles. The summed E-state index contributed by atoms with van der Waals surface area (Å²) in [5.41, 5.74) is -0.0543. The van der Waals surface area contributed by atoms with Gasteiger partial charge < -0.3 is 10.1 Å². The van der Waals surface area contributed by atoms with Gasteiger partial charge in [0.05, 0.1) is 5.56 Å². The molecule has 0 bridgehead atoms. The Labute approximate surface area is 137 Å². The van der Waals surface area contributed by atoms with E-state index in [4.69, 9.17) is 16.3 Å². The minimum absolute atomic E-state index is 0.190. The molecule has 4 nitrogen and oxygen atoms in total. The van der Waals surface area contributed by atoms with E-state index >= 15 is 0 Å². The first-order valence-corrected chi connectivity index (χ1v) is 7.34. The highest BCUT2D eigenvalue weighted by Crippen LogP contribution is 2.31. The van der Waals surface area contributed by atoms with Gasteiger partial charge in [-0.3, -0.25) is 4.79 Å². The van der Waals surface area contributed by atoms with Gasteiger partial charge in [-0.2, -0.15) is 0 Å². The van der Waals surface area contributed by atoms with Crippen LogP contribution in [0.2, 0.25) is 5.02 Å². The predicted molar refractivity (Wildman–Crippen MR) is 84.0 cm³/mol. The molecule has 6 heteroatoms. The van der Waals surface area contributed by atoms with Crippen molar-refractivity contribution in [3.63, 3.8) is 0 Å². The zero-order valence-corrected chi connectivity index (χ0v) is 13.0. The van der Waals surface area contributed by atoms with Crippen molar-refractivity contribution < 1.29 is 18.7 Å². The quantitative estimate of drug-likeness (QED) is 0.854. The van der Waals surface area contributed by atoms with E-state index in [9.17, 15) is 14.0 Å². The summed E-state index contributed by atoms with van der Waals surface area (Å²) < 4.78 is 18.5. The number of anilines is 1. The van der Waals surface area contributed by atoms with E-state index in [1.807, 2.05) is 0 Å². The third kappa shape index (κ3) is 3.05. The fraction of sp³-hybridized carbons (Fsp3) is 0.176. The molecule has 1 unspecified atom stereocenters. The van der Waals surface area contributed by atoms with Crippen molar-refractivity contribution in [2.75, 3.05) is 5.32 Å². The molecular weight excluding hydrogens is 321 g/mol. The number of hydrogen-bond donors (Lipinski definition) is 1. The van der Waals surface area contributed by atoms with E-state index in [0.717, 1.165) is 0 Å². The molecule has 0 spiro atoms. The van der Waals surface area contributed by atoms with Crippen LogP contribution in [0.25, 0.3) is 0 Å². The summed E-state index contributed by atoms with van der Waals surface area (Å²) in [7, 11) is 0. The fourth-order valence-electron chi connectivity index (χ4n) is 2.52. The van der Waals surface area contributed by atoms with Crippen molar-refractivity contribution >= 4 is 29.2 Å². The molecule has 1 atom stereocenters. The average Bonchev–Trinajstić information content (AvgIpc) is 2.46. The molecule has 1 aliphatic heterocycles. The zero-order chi connectivity index (χ0) is 16.6. The van der Waals surface area contributed by atoms with E-state index in [0.29, 0.717) is 21.8 Å². The second-order valence-corrected chi connectivity index (χ2v) is 6.00. The number of benzene rings is 2. The molecule has 3 rings (SSSR count). The summed E-state index contributed by atoms with van der Waals surface area (Å²) in [6.45, 7) is 1.52. The van der Waals surface area contributed by atoms with Crippen molar-refractivity contribution in [2.24, 2.45) is 0 Å². The summed E-state index contributed by atoms with van der Waals surface area (Å²) >= 11 is 5.95. The smallest absolute Gasteiger partial charge is 0.339 e. The molecule has 0 saturated heterocycles. The Morgan fingerprint density at radius 3 is 2.83 bits per heavy atom. The highest BCUT2D eigenvalue weighted by Gasteiger charge is 2.42. The van der Waals surface area contributed by atoms with Crippen molar-refractivity contribution in [1.29, 1.82) is 0 Å². The monoisotopic (exact) mass is 333 g/mol. The van der Waals surface area contributed by atoms with Crippen molar-refractivity contribution in [1.82, 2.24) is 0 Å². The number of cyclic esters (lactones) is 1. The van der Waals surface area contributed by atoms with Crippen LogP contribution in [0.4, 0.5) is 10.1 Å². The van der Waals surface area contributed by atoms with Gasteiger partial charge in [-0.25, -0.2) is 9.18 Å². The number of amides is 1. The summed E-state index contributed by atoms with van der Waals surface area (Å²) in [5, 5.41) is 3.05. The number of nitrogens with one attached hydrogen (secondary N) is 1. The number of rotatable bonds is 2. The molecule has 0 saturated carbocycles. The average molecular weight is 334 g/mol. The van der Waals surface area contributed by atoms with Gasteiger partial charge in [0.25, 0.3) is 5.91 Å². The van der Waals surface area contributed by atoms with Crippen LogP contribution in [0.3, 0.4) is 0 Å². The van der Waals surface area contributed by atoms with Crippen molar-refractivity contribution in [3.8, 4) is 0 Å². The van der Waals surface area contributed by atoms with Gasteiger partial charge in [-0.15, -0.1) is 0 Å². The van der Waals surface area contributed by atoms with Crippen LogP contribution in [0.1, 0.15) is 22.8 Å². The second-order valence-electron chi connectivity index (χ2n) is 5.56. The Kier molecular flexibility index (Phi) is 3.82. The summed E-state index contributed by atoms with van der Waals surface area (Å²) in [6, 6.07) is 10.3. The molecule has 23 heavy (non-hydrogen) atoms. The number of halogens is 2. The lowest BCUT2D eigenvalue weighted by Gasteiger charge is -2.33. The lowest BCUT2D eigenvalue weighted by atomic mass is 9.89. The Hall–Kier alpha value is -2.40. The van der Waals surface area contributed by atoms with Gasteiger partial charge in [-0.05, 0) is 48.9 Å². The second kappa shape index (κ2) is 5.66. The van der Waals surface area contributed by atoms with Gasteiger partial charge in [0, 0.05) is 17.1 Å². The number of fused-ring (bicyclic) bond motifs is 1. The number of ether oxygens (including phenoxy) is 1. The van der Waals surface area contributed by atoms with Crippen LogP contribution < -0.4 is 5.32 Å². The minimum atomic E-state index is -1.39. The molecular formula is C17H13ClFNO3. The van der Waals surface area contributed by atoms with E-state index < -0.39 is 23.3 Å². The Balaban J connectivity index is 1.87. The molecule has 2 aromatic rings. The van der Waals surface area contributed by atoms with Crippen molar-refractivity contribution in [3.05, 3.63) is 64.4 Å². The minimum Gasteiger partial charge on any atom is -0.445 e. The van der Waals surface area contributed by atoms with Gasteiger partial charge in [0.1, 0.15) is 5.82 Å². The number of hydrogen-bond acceptors (Lipinski definition) is 3. The topological polar surface area (TPSA) is 55.4 Å². The third-order valence-electron chi connectivity index (χ3n) is 3.70. The summed E-state index contributed by atoms with van der Waals surface area (Å²) in [5.74, 6) is -1.58. The molecule has 118 valence electrons. The van der Waals surface area contributed by atoms with Gasteiger partial charge in [-0.1, -0.05) is 17.7 Å². The summed E-state index contributed by atoms with van der Waals surface area (Å²) in [4.78, 5) is 24.6. The number of carbonyl (C=O) groups excluding carboxylic acids is 2. The molecule has 0 fully saturated rings. The van der Waals surface area contributed by atoms with Gasteiger partial charge >= 0.3 is 5.97 Å². The first-order valence-electron chi connectivity index (χ1n) is 6.96. The van der Waals surface area contributed by atoms with Crippen LogP contribution in [0.15, 0.2) is 42.5 Å².